The number of aromatic nitrogens is 2. The summed E-state index contributed by atoms with van der Waals surface area (Å²) in [5.74, 6) is 0.261. The number of amides is 1. The number of hydrogen-bond donors (Lipinski definition) is 2. The number of nitrogens with two attached hydrogens (primary N) is 1. The molecule has 0 bridgehead atoms. The van der Waals surface area contributed by atoms with Crippen LogP contribution in [0.15, 0.2) is 33.9 Å². The summed E-state index contributed by atoms with van der Waals surface area (Å²) in [6.45, 7) is 3.86. The molecule has 1 amide bonds. The molecule has 1 aromatic carbocycles. The van der Waals surface area contributed by atoms with Gasteiger partial charge < -0.3 is 29.7 Å². The smallest absolute Gasteiger partial charge is 0.276 e. The van der Waals surface area contributed by atoms with Gasteiger partial charge in [-0.3, -0.25) is 4.79 Å². The molecule has 0 saturated heterocycles. The summed E-state index contributed by atoms with van der Waals surface area (Å²) in [6.07, 6.45) is 1.86. The number of carbonyl (C=O) groups is 1. The first-order valence-electron chi connectivity index (χ1n) is 8.94. The molecule has 9 nitrogen and oxygen atoms in total. The number of ether oxygens (including phenoxy) is 3. The first kappa shape index (κ1) is 22.3. The summed E-state index contributed by atoms with van der Waals surface area (Å²) < 4.78 is 21.4. The molecular formula is C18H26N4O5S. The number of nitrogens with one attached hydrogen (secondary N) is 1. The minimum absolute atomic E-state index is 0.168. The number of nitrogens with zero attached hydrogens (tertiary/aromatic N) is 2. The molecule has 1 heterocycles. The molecular weight excluding hydrogens is 384 g/mol. The molecule has 2 aromatic rings. The third-order valence-corrected chi connectivity index (χ3v) is 4.03. The Morgan fingerprint density at radius 3 is 2.29 bits per heavy atom. The molecule has 0 spiro atoms. The number of benzene rings is 1. The Kier molecular flexibility index (Phi) is 10.5. The molecule has 0 unspecified atom stereocenters. The van der Waals surface area contributed by atoms with Crippen molar-refractivity contribution in [2.45, 2.75) is 5.22 Å². The SMILES string of the molecule is CSc1nnc(-c2ccc(C(=O)NCCOCCOCCOCCN)cc2)o1. The van der Waals surface area contributed by atoms with Gasteiger partial charge in [0.15, 0.2) is 0 Å². The number of hydrogen-bond acceptors (Lipinski definition) is 9. The standard InChI is InChI=1S/C18H26N4O5S/c1-28-18-22-21-17(27-18)15-4-2-14(3-5-15)16(23)20-7-9-25-11-13-26-12-10-24-8-6-19/h2-5H,6-13,19H2,1H3,(H,20,23). The molecule has 154 valence electrons. The molecule has 0 aliphatic rings. The molecule has 0 fully saturated rings. The fourth-order valence-corrected chi connectivity index (χ4v) is 2.42. The highest BCUT2D eigenvalue weighted by Gasteiger charge is 2.10. The van der Waals surface area contributed by atoms with Crippen LogP contribution in [0.4, 0.5) is 0 Å². The van der Waals surface area contributed by atoms with Crippen molar-refractivity contribution >= 4 is 17.7 Å². The largest absolute Gasteiger partial charge is 0.411 e. The molecule has 2 rings (SSSR count). The van der Waals surface area contributed by atoms with Crippen molar-refractivity contribution in [3.8, 4) is 11.5 Å². The zero-order chi connectivity index (χ0) is 20.0. The van der Waals surface area contributed by atoms with Crippen molar-refractivity contribution in [1.82, 2.24) is 15.5 Å². The van der Waals surface area contributed by atoms with Gasteiger partial charge in [0, 0.05) is 24.2 Å². The second-order valence-corrected chi connectivity index (χ2v) is 6.29. The molecule has 0 aliphatic heterocycles. The van der Waals surface area contributed by atoms with Gasteiger partial charge in [-0.15, -0.1) is 10.2 Å². The van der Waals surface area contributed by atoms with E-state index in [1.165, 1.54) is 11.8 Å². The highest BCUT2D eigenvalue weighted by atomic mass is 32.2. The van der Waals surface area contributed by atoms with Gasteiger partial charge in [-0.25, -0.2) is 0 Å². The lowest BCUT2D eigenvalue weighted by Crippen LogP contribution is -2.27. The number of carbonyl (C=O) groups excluding carboxylic acids is 1. The highest BCUT2D eigenvalue weighted by molar-refractivity contribution is 7.98. The van der Waals surface area contributed by atoms with E-state index in [-0.39, 0.29) is 5.91 Å². The lowest BCUT2D eigenvalue weighted by Gasteiger charge is -2.08. The van der Waals surface area contributed by atoms with Gasteiger partial charge in [-0.05, 0) is 30.5 Å². The summed E-state index contributed by atoms with van der Waals surface area (Å²) in [5, 5.41) is 11.2. The van der Waals surface area contributed by atoms with E-state index in [2.05, 4.69) is 15.5 Å². The second-order valence-electron chi connectivity index (χ2n) is 5.54. The van der Waals surface area contributed by atoms with Crippen LogP contribution in [0.25, 0.3) is 11.5 Å². The van der Waals surface area contributed by atoms with E-state index in [9.17, 15) is 4.79 Å². The van der Waals surface area contributed by atoms with Crippen LogP contribution < -0.4 is 11.1 Å². The highest BCUT2D eigenvalue weighted by Crippen LogP contribution is 2.21. The van der Waals surface area contributed by atoms with Gasteiger partial charge in [0.2, 0.25) is 5.89 Å². The van der Waals surface area contributed by atoms with E-state index in [1.54, 1.807) is 24.3 Å². The molecule has 3 N–H and O–H groups in total. The van der Waals surface area contributed by atoms with Crippen molar-refractivity contribution in [2.24, 2.45) is 5.73 Å². The number of rotatable bonds is 14. The summed E-state index contributed by atoms with van der Waals surface area (Å²) in [6, 6.07) is 6.99. The molecule has 0 atom stereocenters. The van der Waals surface area contributed by atoms with E-state index in [4.69, 9.17) is 24.4 Å². The Morgan fingerprint density at radius 2 is 1.68 bits per heavy atom. The molecule has 0 radical (unpaired) electrons. The Balaban J connectivity index is 1.58. The Bertz CT molecular complexity index is 696. The molecule has 10 heteroatoms. The van der Waals surface area contributed by atoms with Crippen LogP contribution in [-0.4, -0.2) is 75.1 Å². The third-order valence-electron chi connectivity index (χ3n) is 3.51. The maximum atomic E-state index is 12.1. The molecule has 1 aromatic heterocycles. The maximum Gasteiger partial charge on any atom is 0.276 e. The first-order chi connectivity index (χ1) is 13.7. The fraction of sp³-hybridized carbons (Fsp3) is 0.500. The lowest BCUT2D eigenvalue weighted by molar-refractivity contribution is 0.0166. The van der Waals surface area contributed by atoms with Crippen molar-refractivity contribution in [1.29, 1.82) is 0 Å². The molecule has 0 saturated carbocycles. The number of thioether (sulfide) groups is 1. The van der Waals surface area contributed by atoms with E-state index >= 15 is 0 Å². The molecule has 0 aliphatic carbocycles. The van der Waals surface area contributed by atoms with E-state index in [0.29, 0.717) is 69.4 Å². The van der Waals surface area contributed by atoms with Crippen LogP contribution in [-0.2, 0) is 14.2 Å². The van der Waals surface area contributed by atoms with Crippen LogP contribution in [0.5, 0.6) is 0 Å². The topological polar surface area (TPSA) is 122 Å². The zero-order valence-corrected chi connectivity index (χ0v) is 16.7. The fourth-order valence-electron chi connectivity index (χ4n) is 2.14. The summed E-state index contributed by atoms with van der Waals surface area (Å²) in [4.78, 5) is 12.1. The Labute approximate surface area is 168 Å². The third kappa shape index (κ3) is 7.95. The molecule has 28 heavy (non-hydrogen) atoms. The van der Waals surface area contributed by atoms with Crippen molar-refractivity contribution in [2.75, 3.05) is 59.0 Å². The second kappa shape index (κ2) is 13.2. The minimum Gasteiger partial charge on any atom is -0.411 e. The lowest BCUT2D eigenvalue weighted by atomic mass is 10.1. The van der Waals surface area contributed by atoms with Crippen LogP contribution in [0.2, 0.25) is 0 Å². The van der Waals surface area contributed by atoms with Gasteiger partial charge >= 0.3 is 0 Å². The quantitative estimate of drug-likeness (QED) is 0.349. The predicted octanol–water partition coefficient (Wildman–Crippen LogP) is 1.20. The Morgan fingerprint density at radius 1 is 1.04 bits per heavy atom. The van der Waals surface area contributed by atoms with Crippen LogP contribution in [0, 0.1) is 0 Å². The van der Waals surface area contributed by atoms with Gasteiger partial charge in [0.25, 0.3) is 11.1 Å². The van der Waals surface area contributed by atoms with Crippen molar-refractivity contribution < 1.29 is 23.4 Å². The Hall–Kier alpha value is -1.98. The van der Waals surface area contributed by atoms with Crippen LogP contribution >= 0.6 is 11.8 Å². The van der Waals surface area contributed by atoms with E-state index in [1.807, 2.05) is 6.26 Å². The maximum absolute atomic E-state index is 12.1. The monoisotopic (exact) mass is 410 g/mol. The van der Waals surface area contributed by atoms with Crippen LogP contribution in [0.3, 0.4) is 0 Å². The average molecular weight is 410 g/mol. The summed E-state index contributed by atoms with van der Waals surface area (Å²) in [5.41, 5.74) is 6.62. The van der Waals surface area contributed by atoms with Crippen LogP contribution in [0.1, 0.15) is 10.4 Å². The van der Waals surface area contributed by atoms with Crippen molar-refractivity contribution in [3.05, 3.63) is 29.8 Å². The first-order valence-corrected chi connectivity index (χ1v) is 10.2. The van der Waals surface area contributed by atoms with Gasteiger partial charge in [0.1, 0.15) is 0 Å². The normalized spacial score (nSPS) is 10.9. The minimum atomic E-state index is -0.168. The van der Waals surface area contributed by atoms with Gasteiger partial charge in [-0.1, -0.05) is 11.8 Å². The van der Waals surface area contributed by atoms with Gasteiger partial charge in [-0.2, -0.15) is 0 Å². The van der Waals surface area contributed by atoms with Crippen molar-refractivity contribution in [3.63, 3.8) is 0 Å². The summed E-state index contributed by atoms with van der Waals surface area (Å²) in [7, 11) is 0. The average Bonchev–Trinajstić information content (AvgIpc) is 3.21. The van der Waals surface area contributed by atoms with E-state index in [0.717, 1.165) is 5.56 Å². The summed E-state index contributed by atoms with van der Waals surface area (Å²) >= 11 is 1.38. The van der Waals surface area contributed by atoms with Gasteiger partial charge in [0.05, 0.1) is 39.6 Å². The predicted molar refractivity (Wildman–Crippen MR) is 105 cm³/mol. The van der Waals surface area contributed by atoms with E-state index < -0.39 is 0 Å². The zero-order valence-electron chi connectivity index (χ0n) is 15.9.